The Labute approximate surface area is 105 Å². The lowest BCUT2D eigenvalue weighted by atomic mass is 9.96. The molecule has 5 heteroatoms. The summed E-state index contributed by atoms with van der Waals surface area (Å²) in [5.41, 5.74) is -0.121. The van der Waals surface area contributed by atoms with Gasteiger partial charge in [0.1, 0.15) is 0 Å². The average Bonchev–Trinajstić information content (AvgIpc) is 2.47. The second kappa shape index (κ2) is 4.86. The first-order valence-electron chi connectivity index (χ1n) is 6.57. The van der Waals surface area contributed by atoms with Crippen molar-refractivity contribution in [3.8, 4) is 0 Å². The van der Waals surface area contributed by atoms with Gasteiger partial charge in [0.25, 0.3) is 0 Å². The molecule has 1 N–H and O–H groups in total. The van der Waals surface area contributed by atoms with Gasteiger partial charge in [-0.2, -0.15) is 0 Å². The van der Waals surface area contributed by atoms with Crippen LogP contribution in [-0.4, -0.2) is 56.5 Å². The first kappa shape index (κ1) is 13.3. The van der Waals surface area contributed by atoms with Crippen LogP contribution in [0.15, 0.2) is 0 Å². The van der Waals surface area contributed by atoms with Gasteiger partial charge in [-0.15, -0.1) is 0 Å². The lowest BCUT2D eigenvalue weighted by Gasteiger charge is -2.40. The predicted octanol–water partition coefficient (Wildman–Crippen LogP) is 0.495. The quantitative estimate of drug-likeness (QED) is 0.746. The molecule has 0 spiro atoms. The number of nitrogens with zero attached hydrogens (tertiary/aromatic N) is 1. The molecule has 0 aliphatic carbocycles. The summed E-state index contributed by atoms with van der Waals surface area (Å²) in [7, 11) is -2.80. The number of hydrogen-bond acceptors (Lipinski definition) is 4. The van der Waals surface area contributed by atoms with E-state index in [1.165, 1.54) is 0 Å². The highest BCUT2D eigenvalue weighted by Gasteiger charge is 2.42. The zero-order chi connectivity index (χ0) is 12.5. The second-order valence-electron chi connectivity index (χ2n) is 5.95. The van der Waals surface area contributed by atoms with E-state index in [2.05, 4.69) is 24.1 Å². The fraction of sp³-hybridized carbons (Fsp3) is 1.00. The van der Waals surface area contributed by atoms with Gasteiger partial charge in [-0.25, -0.2) is 8.42 Å². The van der Waals surface area contributed by atoms with Crippen LogP contribution in [0.4, 0.5) is 0 Å². The van der Waals surface area contributed by atoms with Gasteiger partial charge in [0.2, 0.25) is 0 Å². The molecule has 2 saturated heterocycles. The molecule has 2 aliphatic rings. The Morgan fingerprint density at radius 2 is 2.18 bits per heavy atom. The van der Waals surface area contributed by atoms with Gasteiger partial charge < -0.3 is 5.32 Å². The van der Waals surface area contributed by atoms with Crippen LogP contribution in [0.2, 0.25) is 0 Å². The summed E-state index contributed by atoms with van der Waals surface area (Å²) >= 11 is 0. The van der Waals surface area contributed by atoms with Gasteiger partial charge in [-0.05, 0) is 45.3 Å². The molecule has 0 amide bonds. The lowest BCUT2D eigenvalue weighted by Crippen LogP contribution is -2.52. The second-order valence-corrected chi connectivity index (χ2v) is 8.13. The number of rotatable bonds is 1. The van der Waals surface area contributed by atoms with E-state index in [9.17, 15) is 8.42 Å². The van der Waals surface area contributed by atoms with Crippen molar-refractivity contribution in [1.29, 1.82) is 0 Å². The Morgan fingerprint density at radius 1 is 1.41 bits per heavy atom. The minimum atomic E-state index is -2.80. The number of nitrogens with one attached hydrogen (secondary N) is 1. The number of hydrogen-bond donors (Lipinski definition) is 1. The van der Waals surface area contributed by atoms with Gasteiger partial charge in [-0.1, -0.05) is 6.92 Å². The third-order valence-electron chi connectivity index (χ3n) is 4.05. The molecule has 0 saturated carbocycles. The fourth-order valence-electron chi connectivity index (χ4n) is 3.01. The summed E-state index contributed by atoms with van der Waals surface area (Å²) in [6.07, 6.45) is 1.91. The SMILES string of the molecule is CC1CNCCCN(C2(C)CCS(=O)(=O)C2)C1. The van der Waals surface area contributed by atoms with Crippen molar-refractivity contribution < 1.29 is 8.42 Å². The highest BCUT2D eigenvalue weighted by molar-refractivity contribution is 7.91. The molecule has 2 aliphatic heterocycles. The molecule has 0 aromatic carbocycles. The standard InChI is InChI=1S/C12H24N2O2S/c1-11-8-13-5-3-6-14(9-11)12(2)4-7-17(15,16)10-12/h11,13H,3-10H2,1-2H3. The van der Waals surface area contributed by atoms with E-state index in [1.807, 2.05) is 0 Å². The van der Waals surface area contributed by atoms with Gasteiger partial charge in [-0.3, -0.25) is 4.90 Å². The Kier molecular flexibility index (Phi) is 3.80. The normalized spacial score (nSPS) is 39.8. The summed E-state index contributed by atoms with van der Waals surface area (Å²) < 4.78 is 23.4. The first-order chi connectivity index (χ1) is 7.91. The van der Waals surface area contributed by atoms with Gasteiger partial charge in [0, 0.05) is 12.1 Å². The molecular weight excluding hydrogens is 236 g/mol. The molecule has 2 unspecified atom stereocenters. The Hall–Kier alpha value is -0.130. The van der Waals surface area contributed by atoms with E-state index in [0.29, 0.717) is 17.4 Å². The minimum Gasteiger partial charge on any atom is -0.316 e. The van der Waals surface area contributed by atoms with Gasteiger partial charge >= 0.3 is 0 Å². The molecule has 2 atom stereocenters. The van der Waals surface area contributed by atoms with Gasteiger partial charge in [0.05, 0.1) is 11.5 Å². The van der Waals surface area contributed by atoms with Crippen LogP contribution in [0.3, 0.4) is 0 Å². The van der Waals surface area contributed by atoms with Crippen LogP contribution in [0, 0.1) is 5.92 Å². The van der Waals surface area contributed by atoms with Crippen LogP contribution < -0.4 is 5.32 Å². The van der Waals surface area contributed by atoms with Crippen molar-refractivity contribution in [3.05, 3.63) is 0 Å². The molecule has 0 bridgehead atoms. The molecule has 2 heterocycles. The van der Waals surface area contributed by atoms with Crippen molar-refractivity contribution in [2.75, 3.05) is 37.7 Å². The maximum atomic E-state index is 11.7. The van der Waals surface area contributed by atoms with Crippen molar-refractivity contribution in [1.82, 2.24) is 10.2 Å². The summed E-state index contributed by atoms with van der Waals surface area (Å²) in [5, 5.41) is 3.43. The number of sulfone groups is 1. The summed E-state index contributed by atoms with van der Waals surface area (Å²) in [6.45, 7) is 8.48. The Morgan fingerprint density at radius 3 is 2.82 bits per heavy atom. The maximum absolute atomic E-state index is 11.7. The molecule has 0 aromatic rings. The topological polar surface area (TPSA) is 49.4 Å². The molecule has 2 rings (SSSR count). The third-order valence-corrected chi connectivity index (χ3v) is 5.94. The Balaban J connectivity index is 2.08. The predicted molar refractivity (Wildman–Crippen MR) is 69.9 cm³/mol. The molecule has 4 nitrogen and oxygen atoms in total. The van der Waals surface area contributed by atoms with Gasteiger partial charge in [0.15, 0.2) is 9.84 Å². The third kappa shape index (κ3) is 3.20. The molecule has 0 aromatic heterocycles. The van der Waals surface area contributed by atoms with Crippen molar-refractivity contribution in [2.24, 2.45) is 5.92 Å². The van der Waals surface area contributed by atoms with E-state index in [4.69, 9.17) is 0 Å². The molecule has 2 fully saturated rings. The zero-order valence-electron chi connectivity index (χ0n) is 10.9. The van der Waals surface area contributed by atoms with Crippen LogP contribution >= 0.6 is 0 Å². The van der Waals surface area contributed by atoms with Crippen molar-refractivity contribution in [3.63, 3.8) is 0 Å². The Bertz CT molecular complexity index is 369. The molecular formula is C12H24N2O2S. The highest BCUT2D eigenvalue weighted by Crippen LogP contribution is 2.30. The van der Waals surface area contributed by atoms with E-state index in [-0.39, 0.29) is 5.54 Å². The summed E-state index contributed by atoms with van der Waals surface area (Å²) in [5.74, 6) is 1.31. The fourth-order valence-corrected chi connectivity index (χ4v) is 5.18. The molecule has 17 heavy (non-hydrogen) atoms. The van der Waals surface area contributed by atoms with E-state index in [0.717, 1.165) is 39.0 Å². The van der Waals surface area contributed by atoms with Crippen LogP contribution in [0.1, 0.15) is 26.7 Å². The molecule has 100 valence electrons. The summed E-state index contributed by atoms with van der Waals surface area (Å²) in [4.78, 5) is 2.42. The van der Waals surface area contributed by atoms with Crippen molar-refractivity contribution in [2.45, 2.75) is 32.2 Å². The summed E-state index contributed by atoms with van der Waals surface area (Å²) in [6, 6.07) is 0. The van der Waals surface area contributed by atoms with E-state index >= 15 is 0 Å². The lowest BCUT2D eigenvalue weighted by molar-refractivity contribution is 0.0976. The van der Waals surface area contributed by atoms with Crippen LogP contribution in [0.5, 0.6) is 0 Å². The maximum Gasteiger partial charge on any atom is 0.152 e. The first-order valence-corrected chi connectivity index (χ1v) is 8.40. The monoisotopic (exact) mass is 260 g/mol. The van der Waals surface area contributed by atoms with Crippen LogP contribution in [0.25, 0.3) is 0 Å². The zero-order valence-corrected chi connectivity index (χ0v) is 11.7. The largest absolute Gasteiger partial charge is 0.316 e. The highest BCUT2D eigenvalue weighted by atomic mass is 32.2. The molecule has 0 radical (unpaired) electrons. The van der Waals surface area contributed by atoms with Crippen LogP contribution in [-0.2, 0) is 9.84 Å². The van der Waals surface area contributed by atoms with E-state index in [1.54, 1.807) is 0 Å². The smallest absolute Gasteiger partial charge is 0.152 e. The average molecular weight is 260 g/mol. The minimum absolute atomic E-state index is 0.121. The van der Waals surface area contributed by atoms with Crippen molar-refractivity contribution >= 4 is 9.84 Å². The van der Waals surface area contributed by atoms with E-state index < -0.39 is 9.84 Å².